The highest BCUT2D eigenvalue weighted by Crippen LogP contribution is 2.51. The van der Waals surface area contributed by atoms with Gasteiger partial charge in [-0.25, -0.2) is 0 Å². The SMILES string of the molecule is CC(C)=CCNCC1(C(C)C)CC1. The normalized spacial score (nSPS) is 18.8. The average Bonchev–Trinajstić information content (AvgIpc) is 2.78. The number of hydrogen-bond donors (Lipinski definition) is 1. The van der Waals surface area contributed by atoms with Crippen LogP contribution in [0, 0.1) is 11.3 Å². The van der Waals surface area contributed by atoms with Crippen LogP contribution >= 0.6 is 0 Å². The van der Waals surface area contributed by atoms with E-state index in [0.29, 0.717) is 5.41 Å². The Bertz CT molecular complexity index is 183. The second kappa shape index (κ2) is 4.28. The van der Waals surface area contributed by atoms with Gasteiger partial charge in [0.05, 0.1) is 0 Å². The highest BCUT2D eigenvalue weighted by Gasteiger charge is 2.44. The number of hydrogen-bond acceptors (Lipinski definition) is 1. The van der Waals surface area contributed by atoms with Crippen LogP contribution in [0.1, 0.15) is 40.5 Å². The molecule has 0 unspecified atom stereocenters. The Balaban J connectivity index is 2.16. The zero-order valence-corrected chi connectivity index (χ0v) is 9.48. The molecule has 0 radical (unpaired) electrons. The van der Waals surface area contributed by atoms with Crippen molar-refractivity contribution in [2.24, 2.45) is 11.3 Å². The second-order valence-electron chi connectivity index (χ2n) is 4.93. The molecule has 0 aromatic rings. The molecule has 1 rings (SSSR count). The van der Waals surface area contributed by atoms with Crippen LogP contribution in [0.15, 0.2) is 11.6 Å². The molecule has 0 atom stereocenters. The molecule has 1 aliphatic rings. The van der Waals surface area contributed by atoms with Crippen molar-refractivity contribution in [3.05, 3.63) is 11.6 Å². The van der Waals surface area contributed by atoms with E-state index >= 15 is 0 Å². The van der Waals surface area contributed by atoms with Crippen molar-refractivity contribution in [2.75, 3.05) is 13.1 Å². The minimum Gasteiger partial charge on any atom is -0.313 e. The van der Waals surface area contributed by atoms with Crippen LogP contribution in [-0.2, 0) is 0 Å². The van der Waals surface area contributed by atoms with Crippen molar-refractivity contribution >= 4 is 0 Å². The lowest BCUT2D eigenvalue weighted by Gasteiger charge is -2.19. The molecule has 1 heteroatoms. The van der Waals surface area contributed by atoms with Crippen molar-refractivity contribution in [3.63, 3.8) is 0 Å². The summed E-state index contributed by atoms with van der Waals surface area (Å²) in [6, 6.07) is 0. The molecule has 0 saturated heterocycles. The van der Waals surface area contributed by atoms with Gasteiger partial charge in [-0.15, -0.1) is 0 Å². The fraction of sp³-hybridized carbons (Fsp3) is 0.833. The molecular weight excluding hydrogens is 158 g/mol. The third kappa shape index (κ3) is 3.15. The molecule has 1 fully saturated rings. The molecule has 0 heterocycles. The monoisotopic (exact) mass is 181 g/mol. The van der Waals surface area contributed by atoms with E-state index < -0.39 is 0 Å². The first-order valence-corrected chi connectivity index (χ1v) is 5.41. The van der Waals surface area contributed by atoms with Crippen molar-refractivity contribution in [3.8, 4) is 0 Å². The summed E-state index contributed by atoms with van der Waals surface area (Å²) in [5.74, 6) is 0.840. The maximum Gasteiger partial charge on any atom is 0.0137 e. The van der Waals surface area contributed by atoms with E-state index in [4.69, 9.17) is 0 Å². The Labute approximate surface area is 82.6 Å². The lowest BCUT2D eigenvalue weighted by Crippen LogP contribution is -2.27. The van der Waals surface area contributed by atoms with E-state index in [1.54, 1.807) is 0 Å². The van der Waals surface area contributed by atoms with Crippen LogP contribution in [0.4, 0.5) is 0 Å². The highest BCUT2D eigenvalue weighted by atomic mass is 14.9. The van der Waals surface area contributed by atoms with Crippen molar-refractivity contribution < 1.29 is 0 Å². The molecule has 13 heavy (non-hydrogen) atoms. The summed E-state index contributed by atoms with van der Waals surface area (Å²) in [6.07, 6.45) is 5.11. The van der Waals surface area contributed by atoms with Crippen LogP contribution in [0.25, 0.3) is 0 Å². The van der Waals surface area contributed by atoms with Crippen LogP contribution in [0.2, 0.25) is 0 Å². The molecule has 0 bridgehead atoms. The zero-order valence-electron chi connectivity index (χ0n) is 9.48. The molecule has 0 aromatic carbocycles. The first kappa shape index (κ1) is 10.8. The number of rotatable bonds is 5. The van der Waals surface area contributed by atoms with Gasteiger partial charge in [0, 0.05) is 13.1 Å². The quantitative estimate of drug-likeness (QED) is 0.508. The minimum atomic E-state index is 0.648. The molecule has 76 valence electrons. The van der Waals surface area contributed by atoms with Gasteiger partial charge in [0.2, 0.25) is 0 Å². The van der Waals surface area contributed by atoms with E-state index in [0.717, 1.165) is 12.5 Å². The number of allylic oxidation sites excluding steroid dienone is 1. The van der Waals surface area contributed by atoms with E-state index in [-0.39, 0.29) is 0 Å². The van der Waals surface area contributed by atoms with E-state index in [1.165, 1.54) is 25.0 Å². The molecule has 0 amide bonds. The first-order chi connectivity index (χ1) is 6.07. The van der Waals surface area contributed by atoms with Crippen LogP contribution in [-0.4, -0.2) is 13.1 Å². The van der Waals surface area contributed by atoms with E-state index in [9.17, 15) is 0 Å². The van der Waals surface area contributed by atoms with E-state index in [2.05, 4.69) is 39.1 Å². The molecule has 1 N–H and O–H groups in total. The predicted molar refractivity (Wildman–Crippen MR) is 58.8 cm³/mol. The first-order valence-electron chi connectivity index (χ1n) is 5.41. The third-order valence-corrected chi connectivity index (χ3v) is 3.25. The van der Waals surface area contributed by atoms with Gasteiger partial charge in [0.15, 0.2) is 0 Å². The molecule has 0 aromatic heterocycles. The van der Waals surface area contributed by atoms with Crippen molar-refractivity contribution in [1.82, 2.24) is 5.32 Å². The van der Waals surface area contributed by atoms with E-state index in [1.807, 2.05) is 0 Å². The fourth-order valence-electron chi connectivity index (χ4n) is 1.72. The van der Waals surface area contributed by atoms with Crippen LogP contribution < -0.4 is 5.32 Å². The predicted octanol–water partition coefficient (Wildman–Crippen LogP) is 2.98. The van der Waals surface area contributed by atoms with Crippen molar-refractivity contribution in [1.29, 1.82) is 0 Å². The largest absolute Gasteiger partial charge is 0.313 e. The fourth-order valence-corrected chi connectivity index (χ4v) is 1.72. The maximum absolute atomic E-state index is 3.52. The van der Waals surface area contributed by atoms with Crippen LogP contribution in [0.5, 0.6) is 0 Å². The Kier molecular flexibility index (Phi) is 3.55. The summed E-state index contributed by atoms with van der Waals surface area (Å²) >= 11 is 0. The highest BCUT2D eigenvalue weighted by molar-refractivity contribution is 4.99. The van der Waals surface area contributed by atoms with Gasteiger partial charge >= 0.3 is 0 Å². The lowest BCUT2D eigenvalue weighted by molar-refractivity contribution is 0.344. The summed E-state index contributed by atoms with van der Waals surface area (Å²) in [4.78, 5) is 0. The summed E-state index contributed by atoms with van der Waals surface area (Å²) in [7, 11) is 0. The molecule has 1 nitrogen and oxygen atoms in total. The molecule has 0 aliphatic heterocycles. The topological polar surface area (TPSA) is 12.0 Å². The summed E-state index contributed by atoms with van der Waals surface area (Å²) < 4.78 is 0. The third-order valence-electron chi connectivity index (χ3n) is 3.25. The van der Waals surface area contributed by atoms with Crippen molar-refractivity contribution in [2.45, 2.75) is 40.5 Å². The second-order valence-corrected chi connectivity index (χ2v) is 4.93. The van der Waals surface area contributed by atoms with Crippen LogP contribution in [0.3, 0.4) is 0 Å². The Morgan fingerprint density at radius 3 is 2.38 bits per heavy atom. The standard InChI is InChI=1S/C12H23N/c1-10(2)5-8-13-9-12(6-7-12)11(3)4/h5,11,13H,6-9H2,1-4H3. The molecule has 0 spiro atoms. The molecule has 1 aliphatic carbocycles. The average molecular weight is 181 g/mol. The van der Waals surface area contributed by atoms with Gasteiger partial charge in [0.25, 0.3) is 0 Å². The molecule has 1 saturated carbocycles. The van der Waals surface area contributed by atoms with Gasteiger partial charge < -0.3 is 5.32 Å². The summed E-state index contributed by atoms with van der Waals surface area (Å²) in [6.45, 7) is 11.2. The maximum atomic E-state index is 3.52. The van der Waals surface area contributed by atoms with Gasteiger partial charge in [-0.3, -0.25) is 0 Å². The Hall–Kier alpha value is -0.300. The Morgan fingerprint density at radius 1 is 1.38 bits per heavy atom. The Morgan fingerprint density at radius 2 is 2.00 bits per heavy atom. The minimum absolute atomic E-state index is 0.648. The lowest BCUT2D eigenvalue weighted by atomic mass is 9.92. The smallest absolute Gasteiger partial charge is 0.0137 e. The number of nitrogens with one attached hydrogen (secondary N) is 1. The summed E-state index contributed by atoms with van der Waals surface area (Å²) in [5.41, 5.74) is 2.05. The summed E-state index contributed by atoms with van der Waals surface area (Å²) in [5, 5.41) is 3.52. The zero-order chi connectivity index (χ0) is 9.90. The van der Waals surface area contributed by atoms with Gasteiger partial charge in [-0.2, -0.15) is 0 Å². The molecular formula is C12H23N. The van der Waals surface area contributed by atoms with Gasteiger partial charge in [-0.05, 0) is 38.0 Å². The van der Waals surface area contributed by atoms with Gasteiger partial charge in [-0.1, -0.05) is 25.5 Å². The van der Waals surface area contributed by atoms with Gasteiger partial charge in [0.1, 0.15) is 0 Å².